The standard InChI is InChI=1S/C13H26N2/c1-11(2)15-8-4-12(5-9-15)10-13(14)6-3-7-13/h11-12H,3-10,14H2,1-2H3. The highest BCUT2D eigenvalue weighted by atomic mass is 15.1. The Labute approximate surface area is 94.2 Å². The molecule has 88 valence electrons. The van der Waals surface area contributed by atoms with Gasteiger partial charge in [0.05, 0.1) is 0 Å². The second kappa shape index (κ2) is 4.42. The third kappa shape index (κ3) is 2.73. The summed E-state index contributed by atoms with van der Waals surface area (Å²) < 4.78 is 0. The number of nitrogens with zero attached hydrogens (tertiary/aromatic N) is 1. The van der Waals surface area contributed by atoms with E-state index in [1.165, 1.54) is 51.6 Å². The molecule has 2 rings (SSSR count). The Balaban J connectivity index is 1.73. The van der Waals surface area contributed by atoms with Gasteiger partial charge in [0.1, 0.15) is 0 Å². The Bertz CT molecular complexity index is 201. The fraction of sp³-hybridized carbons (Fsp3) is 1.00. The molecule has 2 heteroatoms. The number of rotatable bonds is 3. The molecule has 0 radical (unpaired) electrons. The van der Waals surface area contributed by atoms with E-state index in [-0.39, 0.29) is 5.54 Å². The molecule has 0 aromatic rings. The molecule has 0 aromatic carbocycles. The molecule has 0 unspecified atom stereocenters. The van der Waals surface area contributed by atoms with Gasteiger partial charge in [-0.1, -0.05) is 0 Å². The van der Waals surface area contributed by atoms with Crippen molar-refractivity contribution in [3.63, 3.8) is 0 Å². The Morgan fingerprint density at radius 1 is 1.27 bits per heavy atom. The summed E-state index contributed by atoms with van der Waals surface area (Å²) in [6.07, 6.45) is 7.95. The van der Waals surface area contributed by atoms with Gasteiger partial charge in [0.2, 0.25) is 0 Å². The van der Waals surface area contributed by atoms with Gasteiger partial charge in [0.25, 0.3) is 0 Å². The monoisotopic (exact) mass is 210 g/mol. The summed E-state index contributed by atoms with van der Waals surface area (Å²) >= 11 is 0. The molecular weight excluding hydrogens is 184 g/mol. The first-order valence-corrected chi connectivity index (χ1v) is 6.62. The van der Waals surface area contributed by atoms with E-state index in [1.54, 1.807) is 0 Å². The first-order chi connectivity index (χ1) is 7.09. The number of piperidine rings is 1. The molecule has 0 atom stereocenters. The maximum Gasteiger partial charge on any atom is 0.0157 e. The maximum absolute atomic E-state index is 6.31. The number of nitrogens with two attached hydrogens (primary N) is 1. The highest BCUT2D eigenvalue weighted by molar-refractivity contribution is 4.95. The molecule has 1 saturated carbocycles. The minimum Gasteiger partial charge on any atom is -0.325 e. The van der Waals surface area contributed by atoms with E-state index in [0.29, 0.717) is 0 Å². The largest absolute Gasteiger partial charge is 0.325 e. The number of hydrogen-bond donors (Lipinski definition) is 1. The summed E-state index contributed by atoms with van der Waals surface area (Å²) in [5, 5.41) is 0. The van der Waals surface area contributed by atoms with Crippen molar-refractivity contribution < 1.29 is 0 Å². The van der Waals surface area contributed by atoms with Crippen LogP contribution in [0.1, 0.15) is 52.4 Å². The van der Waals surface area contributed by atoms with Crippen LogP contribution in [0.4, 0.5) is 0 Å². The fourth-order valence-corrected chi connectivity index (χ4v) is 3.08. The smallest absolute Gasteiger partial charge is 0.0157 e. The lowest BCUT2D eigenvalue weighted by molar-refractivity contribution is 0.112. The summed E-state index contributed by atoms with van der Waals surface area (Å²) in [6.45, 7) is 7.18. The Morgan fingerprint density at radius 3 is 2.27 bits per heavy atom. The van der Waals surface area contributed by atoms with Crippen LogP contribution in [0.2, 0.25) is 0 Å². The van der Waals surface area contributed by atoms with Crippen LogP contribution in [-0.2, 0) is 0 Å². The zero-order valence-electron chi connectivity index (χ0n) is 10.3. The average molecular weight is 210 g/mol. The van der Waals surface area contributed by atoms with Crippen LogP contribution < -0.4 is 5.73 Å². The van der Waals surface area contributed by atoms with Crippen molar-refractivity contribution in [1.29, 1.82) is 0 Å². The van der Waals surface area contributed by atoms with Gasteiger partial charge in [-0.15, -0.1) is 0 Å². The second-order valence-corrected chi connectivity index (χ2v) is 5.99. The Kier molecular flexibility index (Phi) is 3.36. The first kappa shape index (κ1) is 11.4. The molecule has 0 spiro atoms. The Hall–Kier alpha value is -0.0800. The van der Waals surface area contributed by atoms with Crippen molar-refractivity contribution in [2.75, 3.05) is 13.1 Å². The predicted octanol–water partition coefficient (Wildman–Crippen LogP) is 2.38. The van der Waals surface area contributed by atoms with Crippen LogP contribution in [0, 0.1) is 5.92 Å². The van der Waals surface area contributed by atoms with Gasteiger partial charge in [-0.05, 0) is 71.4 Å². The molecule has 1 aliphatic heterocycles. The summed E-state index contributed by atoms with van der Waals surface area (Å²) in [7, 11) is 0. The number of likely N-dealkylation sites (tertiary alicyclic amines) is 1. The van der Waals surface area contributed by atoms with Crippen molar-refractivity contribution in [3.8, 4) is 0 Å². The van der Waals surface area contributed by atoms with Crippen molar-refractivity contribution in [1.82, 2.24) is 4.90 Å². The van der Waals surface area contributed by atoms with Crippen LogP contribution in [0.3, 0.4) is 0 Å². The van der Waals surface area contributed by atoms with E-state index in [9.17, 15) is 0 Å². The molecule has 2 N–H and O–H groups in total. The SMILES string of the molecule is CC(C)N1CCC(CC2(N)CCC2)CC1. The van der Waals surface area contributed by atoms with E-state index in [4.69, 9.17) is 5.73 Å². The van der Waals surface area contributed by atoms with E-state index in [1.807, 2.05) is 0 Å². The van der Waals surface area contributed by atoms with Gasteiger partial charge in [-0.2, -0.15) is 0 Å². The van der Waals surface area contributed by atoms with Gasteiger partial charge in [0, 0.05) is 11.6 Å². The van der Waals surface area contributed by atoms with Crippen molar-refractivity contribution in [3.05, 3.63) is 0 Å². The summed E-state index contributed by atoms with van der Waals surface area (Å²) in [4.78, 5) is 2.60. The minimum absolute atomic E-state index is 0.241. The topological polar surface area (TPSA) is 29.3 Å². The third-order valence-corrected chi connectivity index (χ3v) is 4.42. The molecule has 15 heavy (non-hydrogen) atoms. The summed E-state index contributed by atoms with van der Waals surface area (Å²) in [5.41, 5.74) is 6.56. The molecule has 0 bridgehead atoms. The fourth-order valence-electron chi connectivity index (χ4n) is 3.08. The normalized spacial score (nSPS) is 28.0. The van der Waals surface area contributed by atoms with Gasteiger partial charge in [-0.25, -0.2) is 0 Å². The molecule has 1 aliphatic carbocycles. The number of hydrogen-bond acceptors (Lipinski definition) is 2. The van der Waals surface area contributed by atoms with E-state index in [0.717, 1.165) is 12.0 Å². The lowest BCUT2D eigenvalue weighted by Gasteiger charge is -2.43. The summed E-state index contributed by atoms with van der Waals surface area (Å²) in [5.74, 6) is 0.908. The predicted molar refractivity (Wildman–Crippen MR) is 64.8 cm³/mol. The molecule has 2 fully saturated rings. The maximum atomic E-state index is 6.31. The highest BCUT2D eigenvalue weighted by Gasteiger charge is 2.35. The molecule has 0 amide bonds. The molecule has 1 saturated heterocycles. The second-order valence-electron chi connectivity index (χ2n) is 5.99. The molecule has 1 heterocycles. The Morgan fingerprint density at radius 2 is 1.87 bits per heavy atom. The molecule has 2 nitrogen and oxygen atoms in total. The highest BCUT2D eigenvalue weighted by Crippen LogP contribution is 2.37. The van der Waals surface area contributed by atoms with Crippen LogP contribution in [0.5, 0.6) is 0 Å². The van der Waals surface area contributed by atoms with Crippen LogP contribution in [0.15, 0.2) is 0 Å². The average Bonchev–Trinajstić information content (AvgIpc) is 2.16. The third-order valence-electron chi connectivity index (χ3n) is 4.42. The zero-order valence-corrected chi connectivity index (χ0v) is 10.3. The van der Waals surface area contributed by atoms with Crippen molar-refractivity contribution in [2.24, 2.45) is 11.7 Å². The van der Waals surface area contributed by atoms with E-state index < -0.39 is 0 Å². The molecule has 0 aromatic heterocycles. The summed E-state index contributed by atoms with van der Waals surface area (Å²) in [6, 6.07) is 0.724. The zero-order chi connectivity index (χ0) is 10.9. The van der Waals surface area contributed by atoms with Gasteiger partial charge >= 0.3 is 0 Å². The van der Waals surface area contributed by atoms with Crippen molar-refractivity contribution >= 4 is 0 Å². The van der Waals surface area contributed by atoms with Crippen LogP contribution in [-0.4, -0.2) is 29.6 Å². The first-order valence-electron chi connectivity index (χ1n) is 6.62. The lowest BCUT2D eigenvalue weighted by atomic mass is 9.70. The van der Waals surface area contributed by atoms with Crippen LogP contribution in [0.25, 0.3) is 0 Å². The van der Waals surface area contributed by atoms with Crippen molar-refractivity contribution in [2.45, 2.75) is 64.0 Å². The van der Waals surface area contributed by atoms with Gasteiger partial charge in [0.15, 0.2) is 0 Å². The van der Waals surface area contributed by atoms with Gasteiger partial charge in [-0.3, -0.25) is 0 Å². The minimum atomic E-state index is 0.241. The van der Waals surface area contributed by atoms with E-state index in [2.05, 4.69) is 18.7 Å². The molecule has 2 aliphatic rings. The lowest BCUT2D eigenvalue weighted by Crippen LogP contribution is -2.49. The van der Waals surface area contributed by atoms with Crippen LogP contribution >= 0.6 is 0 Å². The quantitative estimate of drug-likeness (QED) is 0.775. The molecular formula is C13H26N2. The van der Waals surface area contributed by atoms with Gasteiger partial charge < -0.3 is 10.6 Å². The van der Waals surface area contributed by atoms with E-state index >= 15 is 0 Å².